The summed E-state index contributed by atoms with van der Waals surface area (Å²) in [6, 6.07) is 2.93. The summed E-state index contributed by atoms with van der Waals surface area (Å²) in [6.07, 6.45) is 2.44. The van der Waals surface area contributed by atoms with Crippen molar-refractivity contribution in [1.82, 2.24) is 9.29 Å². The van der Waals surface area contributed by atoms with Crippen molar-refractivity contribution in [3.05, 3.63) is 23.9 Å². The summed E-state index contributed by atoms with van der Waals surface area (Å²) in [7, 11) is -5.67. The minimum Gasteiger partial charge on any atom is -0.326 e. The summed E-state index contributed by atoms with van der Waals surface area (Å²) in [4.78, 5) is 3.83. The van der Waals surface area contributed by atoms with Crippen LogP contribution in [-0.2, 0) is 26.4 Å². The Labute approximate surface area is 113 Å². The number of aromatic nitrogens is 1. The predicted molar refractivity (Wildman–Crippen MR) is 71.7 cm³/mol. The Bertz CT molecular complexity index is 623. The second kappa shape index (κ2) is 5.95. The fourth-order valence-electron chi connectivity index (χ4n) is 1.26. The third-order valence-electron chi connectivity index (χ3n) is 2.48. The monoisotopic (exact) mass is 307 g/mol. The number of pyridine rings is 1. The highest BCUT2D eigenvalue weighted by Crippen LogP contribution is 2.11. The molecule has 0 unspecified atom stereocenters. The molecule has 0 bridgehead atoms. The van der Waals surface area contributed by atoms with Crippen molar-refractivity contribution in [2.24, 2.45) is 5.73 Å². The molecule has 2 N–H and O–H groups in total. The van der Waals surface area contributed by atoms with Gasteiger partial charge in [-0.15, -0.1) is 0 Å². The van der Waals surface area contributed by atoms with Crippen LogP contribution < -0.4 is 5.73 Å². The van der Waals surface area contributed by atoms with Gasteiger partial charge in [-0.05, 0) is 11.6 Å². The number of hydrogen-bond donors (Lipinski definition) is 1. The number of sulfonamides is 1. The average molecular weight is 307 g/mol. The number of hydrogen-bond acceptors (Lipinski definition) is 6. The molecular weight excluding hydrogens is 290 g/mol. The van der Waals surface area contributed by atoms with Crippen molar-refractivity contribution in [2.75, 3.05) is 25.6 Å². The lowest BCUT2D eigenvalue weighted by molar-refractivity contribution is 0.481. The van der Waals surface area contributed by atoms with Gasteiger partial charge in [0.2, 0.25) is 0 Å². The van der Waals surface area contributed by atoms with E-state index >= 15 is 0 Å². The van der Waals surface area contributed by atoms with Crippen LogP contribution in [0, 0.1) is 0 Å². The van der Waals surface area contributed by atoms with Crippen molar-refractivity contribution in [3.63, 3.8) is 0 Å². The normalized spacial score (nSPS) is 12.8. The van der Waals surface area contributed by atoms with Gasteiger partial charge in [-0.3, -0.25) is 0 Å². The molecule has 0 atom stereocenters. The number of sulfone groups is 1. The lowest BCUT2D eigenvalue weighted by Gasteiger charge is -2.15. The van der Waals surface area contributed by atoms with Gasteiger partial charge in [0.15, 0.2) is 5.03 Å². The van der Waals surface area contributed by atoms with Crippen molar-refractivity contribution >= 4 is 19.9 Å². The van der Waals surface area contributed by atoms with E-state index in [1.807, 2.05) is 0 Å². The zero-order chi connectivity index (χ0) is 14.7. The average Bonchev–Trinajstić information content (AvgIpc) is 2.35. The molecule has 19 heavy (non-hydrogen) atoms. The van der Waals surface area contributed by atoms with Crippen LogP contribution in [-0.4, -0.2) is 51.7 Å². The first kappa shape index (κ1) is 16.0. The van der Waals surface area contributed by atoms with E-state index < -0.39 is 19.9 Å². The second-order valence-electron chi connectivity index (χ2n) is 4.17. The van der Waals surface area contributed by atoms with Crippen LogP contribution in [0.15, 0.2) is 23.4 Å². The molecule has 0 aliphatic rings. The summed E-state index contributed by atoms with van der Waals surface area (Å²) in [5.41, 5.74) is 6.12. The van der Waals surface area contributed by atoms with Gasteiger partial charge in [0.1, 0.15) is 9.84 Å². The SMILES string of the molecule is CN(CCS(C)(=O)=O)S(=O)(=O)c1ccc(CN)cn1. The third-order valence-corrected chi connectivity index (χ3v) is 5.18. The molecule has 108 valence electrons. The van der Waals surface area contributed by atoms with Gasteiger partial charge >= 0.3 is 0 Å². The van der Waals surface area contributed by atoms with Crippen LogP contribution in [0.1, 0.15) is 5.56 Å². The largest absolute Gasteiger partial charge is 0.326 e. The molecule has 1 aromatic heterocycles. The van der Waals surface area contributed by atoms with Crippen molar-refractivity contribution in [3.8, 4) is 0 Å². The molecule has 0 aromatic carbocycles. The van der Waals surface area contributed by atoms with Gasteiger partial charge in [-0.25, -0.2) is 21.8 Å². The molecule has 9 heteroatoms. The fraction of sp³-hybridized carbons (Fsp3) is 0.500. The van der Waals surface area contributed by atoms with Crippen LogP contribution in [0.3, 0.4) is 0 Å². The molecule has 1 rings (SSSR count). The first-order chi connectivity index (χ1) is 8.66. The van der Waals surface area contributed by atoms with Gasteiger partial charge in [0.25, 0.3) is 10.0 Å². The van der Waals surface area contributed by atoms with E-state index in [9.17, 15) is 16.8 Å². The van der Waals surface area contributed by atoms with E-state index in [-0.39, 0.29) is 23.9 Å². The zero-order valence-corrected chi connectivity index (χ0v) is 12.4. The summed E-state index contributed by atoms with van der Waals surface area (Å²) >= 11 is 0. The van der Waals surface area contributed by atoms with Crippen LogP contribution in [0.25, 0.3) is 0 Å². The maximum Gasteiger partial charge on any atom is 0.260 e. The highest BCUT2D eigenvalue weighted by Gasteiger charge is 2.22. The molecule has 0 saturated heterocycles. The minimum atomic E-state index is -3.77. The quantitative estimate of drug-likeness (QED) is 0.737. The summed E-state index contributed by atoms with van der Waals surface area (Å²) < 4.78 is 47.2. The first-order valence-electron chi connectivity index (χ1n) is 5.46. The molecule has 0 aliphatic heterocycles. The van der Waals surface area contributed by atoms with Crippen molar-refractivity contribution in [1.29, 1.82) is 0 Å². The van der Waals surface area contributed by atoms with Gasteiger partial charge in [0.05, 0.1) is 5.75 Å². The molecule has 7 nitrogen and oxygen atoms in total. The van der Waals surface area contributed by atoms with E-state index in [1.54, 1.807) is 6.07 Å². The van der Waals surface area contributed by atoms with Gasteiger partial charge in [-0.1, -0.05) is 6.07 Å². The maximum atomic E-state index is 12.1. The van der Waals surface area contributed by atoms with Gasteiger partial charge in [0, 0.05) is 32.6 Å². The van der Waals surface area contributed by atoms with E-state index in [1.165, 1.54) is 19.3 Å². The topological polar surface area (TPSA) is 110 Å². The molecule has 0 radical (unpaired) electrons. The van der Waals surface area contributed by atoms with Crippen LogP contribution >= 0.6 is 0 Å². The summed E-state index contributed by atoms with van der Waals surface area (Å²) in [6.45, 7) is 0.165. The third kappa shape index (κ3) is 4.53. The smallest absolute Gasteiger partial charge is 0.260 e. The maximum absolute atomic E-state index is 12.1. The standard InChI is InChI=1S/C10H17N3O4S2/c1-13(5-6-18(2,14)15)19(16,17)10-4-3-9(7-11)8-12-10/h3-4,8H,5-7,11H2,1-2H3. The fourth-order valence-corrected chi connectivity index (χ4v) is 3.06. The van der Waals surface area contributed by atoms with Gasteiger partial charge in [-0.2, -0.15) is 4.31 Å². The summed E-state index contributed by atoms with van der Waals surface area (Å²) in [5, 5.41) is -0.124. The second-order valence-corrected chi connectivity index (χ2v) is 8.42. The van der Waals surface area contributed by atoms with Crippen LogP contribution in [0.4, 0.5) is 0 Å². The van der Waals surface area contributed by atoms with Crippen LogP contribution in [0.5, 0.6) is 0 Å². The number of nitrogens with two attached hydrogens (primary N) is 1. The van der Waals surface area contributed by atoms with Crippen molar-refractivity contribution in [2.45, 2.75) is 11.6 Å². The molecule has 1 heterocycles. The Hall–Kier alpha value is -1.03. The van der Waals surface area contributed by atoms with Crippen molar-refractivity contribution < 1.29 is 16.8 Å². The highest BCUT2D eigenvalue weighted by atomic mass is 32.2. The molecule has 0 saturated carbocycles. The highest BCUT2D eigenvalue weighted by molar-refractivity contribution is 7.91. The Balaban J connectivity index is 2.90. The van der Waals surface area contributed by atoms with E-state index in [4.69, 9.17) is 5.73 Å². The molecule has 1 aromatic rings. The zero-order valence-electron chi connectivity index (χ0n) is 10.8. The molecular formula is C10H17N3O4S2. The summed E-state index contributed by atoms with van der Waals surface area (Å²) in [5.74, 6) is -0.233. The predicted octanol–water partition coefficient (Wildman–Crippen LogP) is -0.795. The Morgan fingerprint density at radius 1 is 1.26 bits per heavy atom. The molecule has 0 amide bonds. The lowest BCUT2D eigenvalue weighted by atomic mass is 10.3. The molecule has 0 fully saturated rings. The number of nitrogens with zero attached hydrogens (tertiary/aromatic N) is 2. The Morgan fingerprint density at radius 2 is 1.89 bits per heavy atom. The van der Waals surface area contributed by atoms with E-state index in [2.05, 4.69) is 4.98 Å². The minimum absolute atomic E-state index is 0.110. The lowest BCUT2D eigenvalue weighted by Crippen LogP contribution is -2.32. The van der Waals surface area contributed by atoms with Crippen LogP contribution in [0.2, 0.25) is 0 Å². The number of rotatable bonds is 6. The first-order valence-corrected chi connectivity index (χ1v) is 8.96. The molecule has 0 spiro atoms. The Morgan fingerprint density at radius 3 is 2.32 bits per heavy atom. The van der Waals surface area contributed by atoms with E-state index in [0.29, 0.717) is 0 Å². The van der Waals surface area contributed by atoms with E-state index in [0.717, 1.165) is 16.1 Å². The van der Waals surface area contributed by atoms with Gasteiger partial charge < -0.3 is 5.73 Å². The Kier molecular flexibility index (Phi) is 5.02. The molecule has 0 aliphatic carbocycles.